The lowest BCUT2D eigenvalue weighted by atomic mass is 9.89. The van der Waals surface area contributed by atoms with Gasteiger partial charge in [-0.25, -0.2) is 0 Å². The average Bonchev–Trinajstić information content (AvgIpc) is 2.21. The summed E-state index contributed by atoms with van der Waals surface area (Å²) >= 11 is 0. The Morgan fingerprint density at radius 3 is 2.56 bits per heavy atom. The van der Waals surface area contributed by atoms with Crippen molar-refractivity contribution >= 4 is 0 Å². The summed E-state index contributed by atoms with van der Waals surface area (Å²) in [5.41, 5.74) is 0. The van der Waals surface area contributed by atoms with Crippen LogP contribution in [0.3, 0.4) is 0 Å². The molecule has 1 N–H and O–H groups in total. The first-order valence-electron chi connectivity index (χ1n) is 7.15. The van der Waals surface area contributed by atoms with E-state index in [1.807, 2.05) is 0 Å². The van der Waals surface area contributed by atoms with E-state index in [1.165, 1.54) is 44.9 Å². The molecular formula is C14H29NO. The molecule has 1 fully saturated rings. The van der Waals surface area contributed by atoms with Crippen molar-refractivity contribution in [3.63, 3.8) is 0 Å². The molecule has 2 heteroatoms. The van der Waals surface area contributed by atoms with Crippen LogP contribution in [0.5, 0.6) is 0 Å². The molecular weight excluding hydrogens is 198 g/mol. The highest BCUT2D eigenvalue weighted by Crippen LogP contribution is 2.25. The summed E-state index contributed by atoms with van der Waals surface area (Å²) in [6.45, 7) is 7.75. The van der Waals surface area contributed by atoms with E-state index in [-0.39, 0.29) is 0 Å². The normalized spacial score (nSPS) is 26.4. The molecule has 0 aliphatic heterocycles. The second-order valence-electron chi connectivity index (χ2n) is 5.14. The molecule has 1 rings (SSSR count). The third kappa shape index (κ3) is 5.31. The van der Waals surface area contributed by atoms with E-state index in [4.69, 9.17) is 4.74 Å². The maximum Gasteiger partial charge on any atom is 0.0608 e. The molecule has 0 aromatic rings. The van der Waals surface area contributed by atoms with E-state index in [2.05, 4.69) is 26.1 Å². The van der Waals surface area contributed by atoms with Crippen molar-refractivity contribution in [2.24, 2.45) is 0 Å². The topological polar surface area (TPSA) is 21.3 Å². The minimum Gasteiger partial charge on any atom is -0.375 e. The van der Waals surface area contributed by atoms with Gasteiger partial charge in [0.15, 0.2) is 0 Å². The quantitative estimate of drug-likeness (QED) is 0.609. The third-order valence-corrected chi connectivity index (χ3v) is 3.48. The van der Waals surface area contributed by atoms with Crippen LogP contribution in [-0.4, -0.2) is 24.8 Å². The van der Waals surface area contributed by atoms with Crippen molar-refractivity contribution in [3.8, 4) is 0 Å². The molecule has 2 nitrogen and oxygen atoms in total. The van der Waals surface area contributed by atoms with Crippen molar-refractivity contribution in [1.29, 1.82) is 0 Å². The van der Waals surface area contributed by atoms with Gasteiger partial charge in [0, 0.05) is 6.04 Å². The second-order valence-corrected chi connectivity index (χ2v) is 5.14. The maximum atomic E-state index is 6.00. The van der Waals surface area contributed by atoms with Crippen LogP contribution in [0.1, 0.15) is 65.7 Å². The van der Waals surface area contributed by atoms with Gasteiger partial charge in [0.1, 0.15) is 0 Å². The summed E-state index contributed by atoms with van der Waals surface area (Å²) < 4.78 is 6.00. The predicted octanol–water partition coefficient (Wildman–Crippen LogP) is 3.50. The zero-order chi connectivity index (χ0) is 11.8. The first-order chi connectivity index (χ1) is 7.76. The van der Waals surface area contributed by atoms with E-state index in [9.17, 15) is 0 Å². The number of unbranched alkanes of at least 4 members (excludes halogenated alkanes) is 3. The molecule has 1 saturated carbocycles. The molecule has 1 aliphatic rings. The lowest BCUT2D eigenvalue weighted by Gasteiger charge is -2.37. The summed E-state index contributed by atoms with van der Waals surface area (Å²) in [5.74, 6) is 0. The van der Waals surface area contributed by atoms with E-state index >= 15 is 0 Å². The van der Waals surface area contributed by atoms with E-state index < -0.39 is 0 Å². The molecule has 0 spiro atoms. The Bertz CT molecular complexity index is 166. The van der Waals surface area contributed by atoms with Crippen LogP contribution in [0.15, 0.2) is 0 Å². The van der Waals surface area contributed by atoms with Crippen LogP contribution in [-0.2, 0) is 4.74 Å². The van der Waals surface area contributed by atoms with E-state index in [1.54, 1.807) is 0 Å². The highest BCUT2D eigenvalue weighted by Gasteiger charge is 2.29. The fraction of sp³-hybridized carbons (Fsp3) is 1.00. The fourth-order valence-electron chi connectivity index (χ4n) is 2.39. The van der Waals surface area contributed by atoms with Crippen LogP contribution in [0.25, 0.3) is 0 Å². The van der Waals surface area contributed by atoms with Crippen LogP contribution >= 0.6 is 0 Å². The van der Waals surface area contributed by atoms with Crippen molar-refractivity contribution in [1.82, 2.24) is 5.32 Å². The highest BCUT2D eigenvalue weighted by atomic mass is 16.5. The highest BCUT2D eigenvalue weighted by molar-refractivity contribution is 4.86. The van der Waals surface area contributed by atoms with Crippen LogP contribution in [0.2, 0.25) is 0 Å². The van der Waals surface area contributed by atoms with Gasteiger partial charge in [-0.1, -0.05) is 39.5 Å². The number of nitrogens with one attached hydrogen (secondary N) is 1. The third-order valence-electron chi connectivity index (χ3n) is 3.48. The monoisotopic (exact) mass is 227 g/mol. The minimum absolute atomic E-state index is 0.462. The SMILES string of the molecule is CCCCCCC(C)OC1CC(NCC)C1. The number of ether oxygens (including phenoxy) is 1. The van der Waals surface area contributed by atoms with Gasteiger partial charge in [-0.15, -0.1) is 0 Å². The van der Waals surface area contributed by atoms with Crippen LogP contribution in [0, 0.1) is 0 Å². The van der Waals surface area contributed by atoms with Gasteiger partial charge in [-0.2, -0.15) is 0 Å². The second kappa shape index (κ2) is 8.08. The van der Waals surface area contributed by atoms with Gasteiger partial charge >= 0.3 is 0 Å². The standard InChI is InChI=1S/C14H29NO/c1-4-6-7-8-9-12(3)16-14-10-13(11-14)15-5-2/h12-15H,4-11H2,1-3H3. The number of hydrogen-bond acceptors (Lipinski definition) is 2. The molecule has 96 valence electrons. The molecule has 16 heavy (non-hydrogen) atoms. The van der Waals surface area contributed by atoms with E-state index in [0.29, 0.717) is 12.2 Å². The fourth-order valence-corrected chi connectivity index (χ4v) is 2.39. The number of rotatable bonds is 9. The van der Waals surface area contributed by atoms with Gasteiger partial charge in [0.2, 0.25) is 0 Å². The summed E-state index contributed by atoms with van der Waals surface area (Å²) in [6, 6.07) is 0.724. The molecule has 1 atom stereocenters. The smallest absolute Gasteiger partial charge is 0.0608 e. The minimum atomic E-state index is 0.462. The van der Waals surface area contributed by atoms with Crippen molar-refractivity contribution in [3.05, 3.63) is 0 Å². The lowest BCUT2D eigenvalue weighted by molar-refractivity contribution is -0.0601. The summed E-state index contributed by atoms with van der Waals surface area (Å²) in [4.78, 5) is 0. The number of hydrogen-bond donors (Lipinski definition) is 1. The molecule has 0 amide bonds. The molecule has 1 unspecified atom stereocenters. The Hall–Kier alpha value is -0.0800. The molecule has 0 saturated heterocycles. The van der Waals surface area contributed by atoms with Gasteiger partial charge in [0.25, 0.3) is 0 Å². The lowest BCUT2D eigenvalue weighted by Crippen LogP contribution is -2.46. The van der Waals surface area contributed by atoms with Gasteiger partial charge in [-0.3, -0.25) is 0 Å². The predicted molar refractivity (Wildman–Crippen MR) is 69.8 cm³/mol. The molecule has 0 heterocycles. The van der Waals surface area contributed by atoms with Crippen LogP contribution < -0.4 is 5.32 Å². The molecule has 0 radical (unpaired) electrons. The van der Waals surface area contributed by atoms with E-state index in [0.717, 1.165) is 12.6 Å². The Morgan fingerprint density at radius 1 is 1.19 bits per heavy atom. The molecule has 0 bridgehead atoms. The Balaban J connectivity index is 1.93. The largest absolute Gasteiger partial charge is 0.375 e. The van der Waals surface area contributed by atoms with Gasteiger partial charge in [-0.05, 0) is 32.7 Å². The molecule has 1 aliphatic carbocycles. The zero-order valence-electron chi connectivity index (χ0n) is 11.3. The zero-order valence-corrected chi connectivity index (χ0v) is 11.3. The van der Waals surface area contributed by atoms with Crippen LogP contribution in [0.4, 0.5) is 0 Å². The maximum absolute atomic E-state index is 6.00. The van der Waals surface area contributed by atoms with Crippen molar-refractivity contribution in [2.75, 3.05) is 6.54 Å². The molecule has 0 aromatic carbocycles. The molecule has 0 aromatic heterocycles. The first-order valence-corrected chi connectivity index (χ1v) is 7.15. The Labute approximate surface area is 101 Å². The van der Waals surface area contributed by atoms with Gasteiger partial charge < -0.3 is 10.1 Å². The summed E-state index contributed by atoms with van der Waals surface area (Å²) in [7, 11) is 0. The van der Waals surface area contributed by atoms with Gasteiger partial charge in [0.05, 0.1) is 12.2 Å². The Morgan fingerprint density at radius 2 is 1.94 bits per heavy atom. The Kier molecular flexibility index (Phi) is 7.06. The average molecular weight is 227 g/mol. The first kappa shape index (κ1) is 14.0. The van der Waals surface area contributed by atoms with Crippen molar-refractivity contribution < 1.29 is 4.74 Å². The van der Waals surface area contributed by atoms with Crippen molar-refractivity contribution in [2.45, 2.75) is 84.0 Å². The summed E-state index contributed by atoms with van der Waals surface area (Å²) in [5, 5.41) is 3.47. The summed E-state index contributed by atoms with van der Waals surface area (Å²) in [6.07, 6.45) is 10.1.